The van der Waals surface area contributed by atoms with Crippen molar-refractivity contribution in [3.05, 3.63) is 113 Å². The molecule has 1 heterocycles. The molecule has 0 unspecified atom stereocenters. The Kier molecular flexibility index (Phi) is 10.8. The Morgan fingerprint density at radius 3 is 2.27 bits per heavy atom. The number of ether oxygens (including phenoxy) is 2. The van der Waals surface area contributed by atoms with Crippen molar-refractivity contribution in [3.63, 3.8) is 0 Å². The molecule has 1 amide bonds. The van der Waals surface area contributed by atoms with Crippen molar-refractivity contribution in [2.24, 2.45) is 5.73 Å². The first kappa shape index (κ1) is 28.5. The maximum atomic E-state index is 13.2. The number of nitrogens with two attached hydrogens (primary N) is 1. The molecule has 0 saturated carbocycles. The summed E-state index contributed by atoms with van der Waals surface area (Å²) in [7, 11) is 0. The van der Waals surface area contributed by atoms with E-state index in [9.17, 15) is 9.59 Å². The topological polar surface area (TPSA) is 130 Å². The fraction of sp³-hybridized carbons (Fsp3) is 0.290. The average molecular weight is 543 g/mol. The Labute approximate surface area is 233 Å². The fourth-order valence-electron chi connectivity index (χ4n) is 4.06. The van der Waals surface area contributed by atoms with Gasteiger partial charge in [-0.15, -0.1) is 0 Å². The number of carbonyl (C=O) groups excluding carboxylic acids is 2. The van der Waals surface area contributed by atoms with Crippen molar-refractivity contribution >= 4 is 11.9 Å². The van der Waals surface area contributed by atoms with Crippen LogP contribution in [0, 0.1) is 0 Å². The zero-order valence-corrected chi connectivity index (χ0v) is 22.3. The molecule has 0 aliphatic carbocycles. The van der Waals surface area contributed by atoms with Gasteiger partial charge in [0.15, 0.2) is 0 Å². The van der Waals surface area contributed by atoms with Crippen LogP contribution in [0.25, 0.3) is 0 Å². The zero-order chi connectivity index (χ0) is 28.0. The van der Waals surface area contributed by atoms with Crippen molar-refractivity contribution in [1.82, 2.24) is 15.5 Å². The highest BCUT2D eigenvalue weighted by Gasteiger charge is 2.27. The van der Waals surface area contributed by atoms with Gasteiger partial charge in [0.1, 0.15) is 12.4 Å². The van der Waals surface area contributed by atoms with Crippen molar-refractivity contribution in [1.29, 1.82) is 0 Å². The lowest BCUT2D eigenvalue weighted by Crippen LogP contribution is -2.41. The smallest absolute Gasteiger partial charge is 0.408 e. The van der Waals surface area contributed by atoms with Crippen LogP contribution in [0.1, 0.15) is 52.5 Å². The maximum Gasteiger partial charge on any atom is 0.408 e. The highest BCUT2D eigenvalue weighted by molar-refractivity contribution is 5.98. The first-order valence-corrected chi connectivity index (χ1v) is 13.4. The predicted octanol–water partition coefficient (Wildman–Crippen LogP) is 4.89. The maximum absolute atomic E-state index is 13.2. The molecule has 208 valence electrons. The molecule has 9 heteroatoms. The van der Waals surface area contributed by atoms with Gasteiger partial charge in [0.05, 0.1) is 19.1 Å². The molecule has 0 fully saturated rings. The first-order chi connectivity index (χ1) is 19.6. The predicted molar refractivity (Wildman–Crippen MR) is 150 cm³/mol. The summed E-state index contributed by atoms with van der Waals surface area (Å²) in [5, 5.41) is 6.52. The van der Waals surface area contributed by atoms with E-state index in [-0.39, 0.29) is 12.4 Å². The average Bonchev–Trinajstić information content (AvgIpc) is 3.46. The molecule has 1 atom stereocenters. The lowest BCUT2D eigenvalue weighted by molar-refractivity contribution is 0.0896. The van der Waals surface area contributed by atoms with Gasteiger partial charge in [-0.05, 0) is 54.6 Å². The van der Waals surface area contributed by atoms with Gasteiger partial charge in [-0.1, -0.05) is 78.0 Å². The Hall–Kier alpha value is -4.50. The number of alkyl carbamates (subject to hydrolysis) is 1. The van der Waals surface area contributed by atoms with Gasteiger partial charge >= 0.3 is 6.09 Å². The number of nitrogens with zero attached hydrogens (tertiary/aromatic N) is 2. The summed E-state index contributed by atoms with van der Waals surface area (Å²) in [6.45, 7) is 1.17. The summed E-state index contributed by atoms with van der Waals surface area (Å²) in [5.74, 6) is 0.544. The molecule has 0 radical (unpaired) electrons. The van der Waals surface area contributed by atoms with Gasteiger partial charge in [-0.3, -0.25) is 4.79 Å². The van der Waals surface area contributed by atoms with E-state index in [4.69, 9.17) is 19.7 Å². The van der Waals surface area contributed by atoms with Crippen LogP contribution in [0.5, 0.6) is 5.75 Å². The van der Waals surface area contributed by atoms with Gasteiger partial charge in [0, 0.05) is 6.42 Å². The second kappa shape index (κ2) is 15.2. The van der Waals surface area contributed by atoms with Crippen LogP contribution in [-0.4, -0.2) is 41.2 Å². The molecule has 3 aromatic carbocycles. The van der Waals surface area contributed by atoms with Gasteiger partial charge in [-0.2, -0.15) is 4.98 Å². The molecule has 0 aliphatic heterocycles. The van der Waals surface area contributed by atoms with Crippen LogP contribution >= 0.6 is 0 Å². The molecule has 1 aromatic heterocycles. The number of aromatic nitrogens is 2. The van der Waals surface area contributed by atoms with E-state index >= 15 is 0 Å². The number of benzene rings is 3. The standard InChI is InChI=1S/C31H34N4O5/c32-19-8-7-13-27(33-31(37)39-22-25-11-5-2-6-12-25)29(36)30-34-28(40-35-30)21-24-14-16-26(17-15-24)38-20-18-23-9-3-1-4-10-23/h1-6,9-12,14-17,27H,7-8,13,18-22,32H2,(H,33,37)/t27-/m0/s1. The SMILES string of the molecule is NCCCC[C@H](NC(=O)OCc1ccccc1)C(=O)c1noc(Cc2ccc(OCCc3ccccc3)cc2)n1. The van der Waals surface area contributed by atoms with Crippen molar-refractivity contribution in [2.45, 2.75) is 44.8 Å². The Morgan fingerprint density at radius 2 is 1.57 bits per heavy atom. The van der Waals surface area contributed by atoms with E-state index in [0.717, 1.165) is 23.3 Å². The monoisotopic (exact) mass is 542 g/mol. The molecule has 4 rings (SSSR count). The molecule has 0 aliphatic rings. The fourth-order valence-corrected chi connectivity index (χ4v) is 4.06. The molecule has 4 aromatic rings. The van der Waals surface area contributed by atoms with Crippen LogP contribution in [0.15, 0.2) is 89.5 Å². The van der Waals surface area contributed by atoms with Crippen molar-refractivity contribution < 1.29 is 23.6 Å². The number of rotatable bonds is 15. The second-order valence-electron chi connectivity index (χ2n) is 9.32. The molecule has 0 saturated heterocycles. The van der Waals surface area contributed by atoms with E-state index in [1.54, 1.807) is 0 Å². The van der Waals surface area contributed by atoms with Crippen molar-refractivity contribution in [3.8, 4) is 5.75 Å². The van der Waals surface area contributed by atoms with Gasteiger partial charge < -0.3 is 25.0 Å². The lowest BCUT2D eigenvalue weighted by atomic mass is 10.0. The number of Topliss-reactive ketones (excluding diaryl/α,β-unsaturated/α-hetero) is 1. The number of amides is 1. The van der Waals surface area contributed by atoms with E-state index in [2.05, 4.69) is 27.6 Å². The van der Waals surface area contributed by atoms with E-state index < -0.39 is 17.9 Å². The number of ketones is 1. The normalized spacial score (nSPS) is 11.5. The lowest BCUT2D eigenvalue weighted by Gasteiger charge is -2.16. The van der Waals surface area contributed by atoms with Crippen LogP contribution < -0.4 is 15.8 Å². The van der Waals surface area contributed by atoms with Crippen molar-refractivity contribution in [2.75, 3.05) is 13.2 Å². The number of hydrogen-bond acceptors (Lipinski definition) is 8. The number of nitrogens with one attached hydrogen (secondary N) is 1. The Morgan fingerprint density at radius 1 is 0.875 bits per heavy atom. The van der Waals surface area contributed by atoms with E-state index in [1.807, 2.05) is 72.8 Å². The molecule has 40 heavy (non-hydrogen) atoms. The van der Waals surface area contributed by atoms with Crippen LogP contribution in [0.4, 0.5) is 4.79 Å². The van der Waals surface area contributed by atoms with E-state index in [0.29, 0.717) is 44.7 Å². The molecular weight excluding hydrogens is 508 g/mol. The quantitative estimate of drug-likeness (QED) is 0.160. The third kappa shape index (κ3) is 9.06. The highest BCUT2D eigenvalue weighted by Crippen LogP contribution is 2.16. The molecule has 3 N–H and O–H groups in total. The van der Waals surface area contributed by atoms with Gasteiger partial charge in [-0.25, -0.2) is 4.79 Å². The van der Waals surface area contributed by atoms with Crippen LogP contribution in [-0.2, 0) is 24.2 Å². The summed E-state index contributed by atoms with van der Waals surface area (Å²) in [5.41, 5.74) is 8.60. The Bertz CT molecular complexity index is 1330. The van der Waals surface area contributed by atoms with Crippen LogP contribution in [0.2, 0.25) is 0 Å². The summed E-state index contributed by atoms with van der Waals surface area (Å²) in [4.78, 5) is 29.9. The third-order valence-corrected chi connectivity index (χ3v) is 6.24. The zero-order valence-electron chi connectivity index (χ0n) is 22.3. The minimum absolute atomic E-state index is 0.0861. The Balaban J connectivity index is 1.30. The summed E-state index contributed by atoms with van der Waals surface area (Å²) in [6, 6.07) is 26.2. The minimum Gasteiger partial charge on any atom is -0.493 e. The summed E-state index contributed by atoms with van der Waals surface area (Å²) >= 11 is 0. The van der Waals surface area contributed by atoms with Gasteiger partial charge in [0.2, 0.25) is 17.5 Å². The molecule has 0 spiro atoms. The molecule has 0 bridgehead atoms. The second-order valence-corrected chi connectivity index (χ2v) is 9.32. The van der Waals surface area contributed by atoms with E-state index in [1.165, 1.54) is 5.56 Å². The summed E-state index contributed by atoms with van der Waals surface area (Å²) in [6.07, 6.45) is 2.24. The number of hydrogen-bond donors (Lipinski definition) is 2. The number of carbonyl (C=O) groups is 2. The largest absolute Gasteiger partial charge is 0.493 e. The van der Waals surface area contributed by atoms with Gasteiger partial charge in [0.25, 0.3) is 0 Å². The third-order valence-electron chi connectivity index (χ3n) is 6.24. The molecular formula is C31H34N4O5. The molecule has 9 nitrogen and oxygen atoms in total. The van der Waals surface area contributed by atoms with Crippen LogP contribution in [0.3, 0.4) is 0 Å². The minimum atomic E-state index is -0.854. The summed E-state index contributed by atoms with van der Waals surface area (Å²) < 4.78 is 16.5. The first-order valence-electron chi connectivity index (χ1n) is 13.4. The highest BCUT2D eigenvalue weighted by atomic mass is 16.5. The number of unbranched alkanes of at least 4 members (excludes halogenated alkanes) is 1.